The third-order valence-electron chi connectivity index (χ3n) is 3.12. The predicted molar refractivity (Wildman–Crippen MR) is 77.6 cm³/mol. The summed E-state index contributed by atoms with van der Waals surface area (Å²) in [5.74, 6) is 0. The Morgan fingerprint density at radius 3 is 2.89 bits per heavy atom. The van der Waals surface area contributed by atoms with E-state index >= 15 is 0 Å². The van der Waals surface area contributed by atoms with E-state index < -0.39 is 0 Å². The molecule has 0 aliphatic rings. The van der Waals surface area contributed by atoms with Gasteiger partial charge in [-0.1, -0.05) is 28.1 Å². The third-order valence-corrected chi connectivity index (χ3v) is 3.82. The Morgan fingerprint density at radius 2 is 2.06 bits per heavy atom. The van der Waals surface area contributed by atoms with Crippen molar-refractivity contribution in [1.29, 1.82) is 0 Å². The number of halogens is 1. The van der Waals surface area contributed by atoms with E-state index in [1.54, 1.807) is 0 Å². The van der Waals surface area contributed by atoms with Crippen molar-refractivity contribution >= 4 is 26.8 Å². The summed E-state index contributed by atoms with van der Waals surface area (Å²) in [5.41, 5.74) is 2.54. The van der Waals surface area contributed by atoms with Crippen LogP contribution in [0.5, 0.6) is 0 Å². The van der Waals surface area contributed by atoms with Crippen LogP contribution in [0.4, 0.5) is 0 Å². The Kier molecular flexibility index (Phi) is 3.15. The summed E-state index contributed by atoms with van der Waals surface area (Å²) < 4.78 is 3.44. The molecule has 2 nitrogen and oxygen atoms in total. The number of rotatable bonds is 3. The summed E-state index contributed by atoms with van der Waals surface area (Å²) in [7, 11) is 0. The van der Waals surface area contributed by atoms with Gasteiger partial charge < -0.3 is 4.57 Å². The Balaban J connectivity index is 1.85. The van der Waals surface area contributed by atoms with Gasteiger partial charge in [-0.15, -0.1) is 0 Å². The van der Waals surface area contributed by atoms with E-state index in [9.17, 15) is 0 Å². The molecule has 3 rings (SSSR count). The molecule has 90 valence electrons. The summed E-state index contributed by atoms with van der Waals surface area (Å²) in [6, 6.07) is 12.6. The molecule has 3 heteroatoms. The summed E-state index contributed by atoms with van der Waals surface area (Å²) >= 11 is 3.58. The van der Waals surface area contributed by atoms with Crippen LogP contribution in [0.3, 0.4) is 0 Å². The van der Waals surface area contributed by atoms with Crippen molar-refractivity contribution in [3.05, 3.63) is 65.0 Å². The molecule has 0 bridgehead atoms. The number of fused-ring (bicyclic) bond motifs is 1. The van der Waals surface area contributed by atoms with E-state index in [4.69, 9.17) is 0 Å². The standard InChI is InChI=1S/C15H13BrN2/c16-14-4-1-5-15-13(14)7-10-18(15)9-6-12-3-2-8-17-11-12/h1-5,7-8,10-11H,6,9H2. The molecule has 1 aromatic carbocycles. The number of pyridine rings is 1. The SMILES string of the molecule is Brc1cccc2c1ccn2CCc1cccnc1. The van der Waals surface area contributed by atoms with Gasteiger partial charge in [0.05, 0.1) is 0 Å². The van der Waals surface area contributed by atoms with Crippen LogP contribution in [0.25, 0.3) is 10.9 Å². The molecular weight excluding hydrogens is 288 g/mol. The zero-order valence-electron chi connectivity index (χ0n) is 9.88. The van der Waals surface area contributed by atoms with Gasteiger partial charge in [0.25, 0.3) is 0 Å². The average Bonchev–Trinajstić information content (AvgIpc) is 2.82. The topological polar surface area (TPSA) is 17.8 Å². The molecule has 0 saturated carbocycles. The molecule has 2 heterocycles. The number of benzene rings is 1. The highest BCUT2D eigenvalue weighted by Crippen LogP contribution is 2.24. The maximum Gasteiger partial charge on any atom is 0.0491 e. The lowest BCUT2D eigenvalue weighted by atomic mass is 10.2. The molecule has 0 aliphatic carbocycles. The highest BCUT2D eigenvalue weighted by Gasteiger charge is 2.03. The molecule has 0 radical (unpaired) electrons. The van der Waals surface area contributed by atoms with Gasteiger partial charge in [0, 0.05) is 40.5 Å². The second kappa shape index (κ2) is 4.94. The average molecular weight is 301 g/mol. The molecule has 0 aliphatic heterocycles. The first-order valence-corrected chi connectivity index (χ1v) is 6.76. The normalized spacial score (nSPS) is 10.9. The van der Waals surface area contributed by atoms with Crippen molar-refractivity contribution in [2.24, 2.45) is 0 Å². The maximum absolute atomic E-state index is 4.14. The van der Waals surface area contributed by atoms with Crippen LogP contribution in [0.15, 0.2) is 59.5 Å². The Labute approximate surface area is 114 Å². The van der Waals surface area contributed by atoms with Gasteiger partial charge in [0.2, 0.25) is 0 Å². The highest BCUT2D eigenvalue weighted by atomic mass is 79.9. The molecule has 0 fully saturated rings. The predicted octanol–water partition coefficient (Wildman–Crippen LogP) is 4.04. The molecule has 0 N–H and O–H groups in total. The summed E-state index contributed by atoms with van der Waals surface area (Å²) in [6.07, 6.45) is 6.89. The molecule has 3 aromatic rings. The van der Waals surface area contributed by atoms with Crippen molar-refractivity contribution in [3.8, 4) is 0 Å². The molecule has 0 saturated heterocycles. The Bertz CT molecular complexity index is 659. The van der Waals surface area contributed by atoms with E-state index in [-0.39, 0.29) is 0 Å². The van der Waals surface area contributed by atoms with E-state index in [2.05, 4.69) is 62.0 Å². The lowest BCUT2D eigenvalue weighted by Gasteiger charge is -2.05. The fourth-order valence-corrected chi connectivity index (χ4v) is 2.66. The lowest BCUT2D eigenvalue weighted by molar-refractivity contribution is 0.721. The highest BCUT2D eigenvalue weighted by molar-refractivity contribution is 9.10. The molecule has 0 spiro atoms. The largest absolute Gasteiger partial charge is 0.347 e. The lowest BCUT2D eigenvalue weighted by Crippen LogP contribution is -1.99. The molecule has 2 aromatic heterocycles. The number of aromatic nitrogens is 2. The van der Waals surface area contributed by atoms with Gasteiger partial charge in [0.15, 0.2) is 0 Å². The Hall–Kier alpha value is -1.61. The minimum absolute atomic E-state index is 0.978. The summed E-state index contributed by atoms with van der Waals surface area (Å²) in [6.45, 7) is 0.978. The first-order chi connectivity index (χ1) is 8.84. The number of nitrogens with zero attached hydrogens (tertiary/aromatic N) is 2. The summed E-state index contributed by atoms with van der Waals surface area (Å²) in [5, 5.41) is 1.27. The van der Waals surface area contributed by atoms with Crippen LogP contribution in [0.1, 0.15) is 5.56 Å². The van der Waals surface area contributed by atoms with Crippen molar-refractivity contribution < 1.29 is 0 Å². The molecule has 0 atom stereocenters. The van der Waals surface area contributed by atoms with Crippen molar-refractivity contribution in [2.45, 2.75) is 13.0 Å². The van der Waals surface area contributed by atoms with Crippen molar-refractivity contribution in [3.63, 3.8) is 0 Å². The van der Waals surface area contributed by atoms with Crippen LogP contribution >= 0.6 is 15.9 Å². The summed E-state index contributed by atoms with van der Waals surface area (Å²) in [4.78, 5) is 4.14. The van der Waals surface area contributed by atoms with Gasteiger partial charge in [-0.2, -0.15) is 0 Å². The zero-order chi connectivity index (χ0) is 12.4. The third kappa shape index (κ3) is 2.18. The van der Waals surface area contributed by atoms with Gasteiger partial charge in [0.1, 0.15) is 0 Å². The fraction of sp³-hybridized carbons (Fsp3) is 0.133. The number of aryl methyl sites for hydroxylation is 2. The minimum Gasteiger partial charge on any atom is -0.347 e. The second-order valence-corrected chi connectivity index (χ2v) is 5.15. The first kappa shape index (κ1) is 11.5. The van der Waals surface area contributed by atoms with E-state index in [0.717, 1.165) is 17.4 Å². The van der Waals surface area contributed by atoms with E-state index in [0.29, 0.717) is 0 Å². The zero-order valence-corrected chi connectivity index (χ0v) is 11.5. The van der Waals surface area contributed by atoms with E-state index in [1.165, 1.54) is 16.5 Å². The van der Waals surface area contributed by atoms with Gasteiger partial charge in [-0.05, 0) is 36.2 Å². The fourth-order valence-electron chi connectivity index (χ4n) is 2.18. The van der Waals surface area contributed by atoms with Gasteiger partial charge in [-0.25, -0.2) is 0 Å². The first-order valence-electron chi connectivity index (χ1n) is 5.97. The molecule has 0 amide bonds. The number of hydrogen-bond acceptors (Lipinski definition) is 1. The Morgan fingerprint density at radius 1 is 1.11 bits per heavy atom. The van der Waals surface area contributed by atoms with E-state index in [1.807, 2.05) is 18.5 Å². The van der Waals surface area contributed by atoms with Crippen LogP contribution in [0, 0.1) is 0 Å². The van der Waals surface area contributed by atoms with Crippen molar-refractivity contribution in [1.82, 2.24) is 9.55 Å². The maximum atomic E-state index is 4.14. The van der Waals surface area contributed by atoms with Crippen molar-refractivity contribution in [2.75, 3.05) is 0 Å². The minimum atomic E-state index is 0.978. The second-order valence-electron chi connectivity index (χ2n) is 4.29. The molecule has 0 unspecified atom stereocenters. The molecule has 18 heavy (non-hydrogen) atoms. The van der Waals surface area contributed by atoms with Gasteiger partial charge in [-0.3, -0.25) is 4.98 Å². The quantitative estimate of drug-likeness (QED) is 0.714. The van der Waals surface area contributed by atoms with Crippen LogP contribution in [0.2, 0.25) is 0 Å². The number of hydrogen-bond donors (Lipinski definition) is 0. The van der Waals surface area contributed by atoms with Gasteiger partial charge >= 0.3 is 0 Å². The van der Waals surface area contributed by atoms with Crippen LogP contribution in [-0.2, 0) is 13.0 Å². The van der Waals surface area contributed by atoms with Crippen LogP contribution in [-0.4, -0.2) is 9.55 Å². The monoisotopic (exact) mass is 300 g/mol. The van der Waals surface area contributed by atoms with Crippen LogP contribution < -0.4 is 0 Å². The smallest absolute Gasteiger partial charge is 0.0491 e. The molecular formula is C15H13BrN2.